The van der Waals surface area contributed by atoms with Crippen LogP contribution in [-0.4, -0.2) is 18.6 Å². The first-order chi connectivity index (χ1) is 8.53. The van der Waals surface area contributed by atoms with E-state index in [2.05, 4.69) is 29.5 Å². The highest BCUT2D eigenvalue weighted by atomic mass is 32.1. The first-order valence-electron chi connectivity index (χ1n) is 5.89. The fraction of sp³-hybridized carbons (Fsp3) is 0.357. The lowest BCUT2D eigenvalue weighted by Crippen LogP contribution is -2.30. The van der Waals surface area contributed by atoms with E-state index in [1.807, 2.05) is 7.05 Å². The molecule has 0 aliphatic rings. The summed E-state index contributed by atoms with van der Waals surface area (Å²) in [6, 6.07) is 6.47. The zero-order chi connectivity index (χ0) is 13.2. The van der Waals surface area contributed by atoms with Gasteiger partial charge in [-0.3, -0.25) is 0 Å². The number of aromatic nitrogens is 1. The number of nitrogens with one attached hydrogen (secondary N) is 1. The predicted octanol–water partition coefficient (Wildman–Crippen LogP) is 3.45. The molecule has 0 aliphatic heterocycles. The molecule has 2 nitrogen and oxygen atoms in total. The molecule has 0 unspecified atom stereocenters. The van der Waals surface area contributed by atoms with Gasteiger partial charge in [-0.05, 0) is 31.3 Å². The molecule has 0 atom stereocenters. The predicted molar refractivity (Wildman–Crippen MR) is 74.5 cm³/mol. The smallest absolute Gasteiger partial charge is 0.123 e. The Morgan fingerprint density at radius 3 is 2.56 bits per heavy atom. The maximum Gasteiger partial charge on any atom is 0.123 e. The van der Waals surface area contributed by atoms with Gasteiger partial charge in [-0.15, -0.1) is 11.3 Å². The van der Waals surface area contributed by atoms with E-state index in [-0.39, 0.29) is 11.2 Å². The Hall–Kier alpha value is -1.26. The molecule has 0 fully saturated rings. The monoisotopic (exact) mass is 264 g/mol. The van der Waals surface area contributed by atoms with Crippen molar-refractivity contribution in [3.63, 3.8) is 0 Å². The number of hydrogen-bond acceptors (Lipinski definition) is 3. The van der Waals surface area contributed by atoms with Crippen molar-refractivity contribution in [3.8, 4) is 10.6 Å². The first-order valence-corrected chi connectivity index (χ1v) is 6.77. The van der Waals surface area contributed by atoms with Crippen molar-refractivity contribution in [2.75, 3.05) is 13.6 Å². The van der Waals surface area contributed by atoms with Gasteiger partial charge in [-0.2, -0.15) is 0 Å². The maximum atomic E-state index is 12.9. The van der Waals surface area contributed by atoms with Crippen LogP contribution in [0.4, 0.5) is 4.39 Å². The molecule has 1 aromatic carbocycles. The van der Waals surface area contributed by atoms with Crippen molar-refractivity contribution in [1.29, 1.82) is 0 Å². The van der Waals surface area contributed by atoms with E-state index in [0.29, 0.717) is 0 Å². The quantitative estimate of drug-likeness (QED) is 0.915. The SMILES string of the molecule is CNCC(C)(C)c1csc(-c2ccc(F)cc2)n1. The topological polar surface area (TPSA) is 24.9 Å². The molecular formula is C14H17FN2S. The minimum absolute atomic E-state index is 0.00350. The summed E-state index contributed by atoms with van der Waals surface area (Å²) in [5, 5.41) is 6.20. The second-order valence-electron chi connectivity index (χ2n) is 4.96. The van der Waals surface area contributed by atoms with Gasteiger partial charge in [0, 0.05) is 22.9 Å². The Morgan fingerprint density at radius 2 is 1.94 bits per heavy atom. The number of halogens is 1. The van der Waals surface area contributed by atoms with Crippen molar-refractivity contribution in [3.05, 3.63) is 41.2 Å². The molecule has 0 spiro atoms. The molecular weight excluding hydrogens is 247 g/mol. The Balaban J connectivity index is 2.28. The van der Waals surface area contributed by atoms with Gasteiger partial charge in [0.2, 0.25) is 0 Å². The fourth-order valence-corrected chi connectivity index (χ4v) is 2.86. The largest absolute Gasteiger partial charge is 0.319 e. The Bertz CT molecular complexity index is 517. The third kappa shape index (κ3) is 2.76. The van der Waals surface area contributed by atoms with Gasteiger partial charge in [0.05, 0.1) is 5.69 Å². The van der Waals surface area contributed by atoms with Crippen LogP contribution in [0.15, 0.2) is 29.6 Å². The summed E-state index contributed by atoms with van der Waals surface area (Å²) < 4.78 is 12.9. The number of thiazole rings is 1. The van der Waals surface area contributed by atoms with Crippen molar-refractivity contribution < 1.29 is 4.39 Å². The third-order valence-electron chi connectivity index (χ3n) is 2.91. The van der Waals surface area contributed by atoms with Crippen LogP contribution < -0.4 is 5.32 Å². The van der Waals surface area contributed by atoms with E-state index in [4.69, 9.17) is 0 Å². The molecule has 18 heavy (non-hydrogen) atoms. The molecule has 0 saturated carbocycles. The van der Waals surface area contributed by atoms with E-state index < -0.39 is 0 Å². The van der Waals surface area contributed by atoms with Gasteiger partial charge >= 0.3 is 0 Å². The van der Waals surface area contributed by atoms with Crippen molar-refractivity contribution in [1.82, 2.24) is 10.3 Å². The summed E-state index contributed by atoms with van der Waals surface area (Å²) in [5.74, 6) is -0.217. The van der Waals surface area contributed by atoms with Gasteiger partial charge in [0.25, 0.3) is 0 Å². The molecule has 2 rings (SSSR count). The van der Waals surface area contributed by atoms with Crippen LogP contribution in [0.2, 0.25) is 0 Å². The fourth-order valence-electron chi connectivity index (χ4n) is 1.84. The highest BCUT2D eigenvalue weighted by molar-refractivity contribution is 7.13. The van der Waals surface area contributed by atoms with E-state index in [1.165, 1.54) is 12.1 Å². The highest BCUT2D eigenvalue weighted by Gasteiger charge is 2.23. The average molecular weight is 264 g/mol. The Labute approximate surface area is 111 Å². The summed E-state index contributed by atoms with van der Waals surface area (Å²) in [5.41, 5.74) is 2.04. The van der Waals surface area contributed by atoms with Crippen molar-refractivity contribution in [2.45, 2.75) is 19.3 Å². The molecule has 96 valence electrons. The number of likely N-dealkylation sites (N-methyl/N-ethyl adjacent to an activating group) is 1. The van der Waals surface area contributed by atoms with Gasteiger partial charge in [0.15, 0.2) is 0 Å². The molecule has 0 bridgehead atoms. The summed E-state index contributed by atoms with van der Waals surface area (Å²) in [6.07, 6.45) is 0. The Morgan fingerprint density at radius 1 is 1.28 bits per heavy atom. The lowest BCUT2D eigenvalue weighted by atomic mass is 9.90. The molecule has 0 amide bonds. The van der Waals surface area contributed by atoms with Gasteiger partial charge in [-0.25, -0.2) is 9.37 Å². The molecule has 2 aromatic rings. The zero-order valence-electron chi connectivity index (χ0n) is 10.8. The van der Waals surface area contributed by atoms with Gasteiger partial charge in [0.1, 0.15) is 10.8 Å². The van der Waals surface area contributed by atoms with Gasteiger partial charge in [-0.1, -0.05) is 13.8 Å². The third-order valence-corrected chi connectivity index (χ3v) is 3.80. The number of rotatable bonds is 4. The number of nitrogens with zero attached hydrogens (tertiary/aromatic N) is 1. The number of hydrogen-bond donors (Lipinski definition) is 1. The van der Waals surface area contributed by atoms with Crippen molar-refractivity contribution >= 4 is 11.3 Å². The van der Waals surface area contributed by atoms with Crippen LogP contribution in [0.3, 0.4) is 0 Å². The summed E-state index contributed by atoms with van der Waals surface area (Å²) in [7, 11) is 1.94. The highest BCUT2D eigenvalue weighted by Crippen LogP contribution is 2.29. The second-order valence-corrected chi connectivity index (χ2v) is 5.82. The molecule has 1 heterocycles. The average Bonchev–Trinajstić information content (AvgIpc) is 2.80. The van der Waals surface area contributed by atoms with Crippen LogP contribution in [0.25, 0.3) is 10.6 Å². The Kier molecular flexibility index (Phi) is 3.78. The molecule has 0 radical (unpaired) electrons. The summed E-state index contributed by atoms with van der Waals surface area (Å²) in [4.78, 5) is 4.66. The minimum atomic E-state index is -0.217. The van der Waals surface area contributed by atoms with E-state index in [0.717, 1.165) is 22.8 Å². The molecule has 0 aliphatic carbocycles. The molecule has 1 N–H and O–H groups in total. The normalized spacial score (nSPS) is 11.8. The molecule has 0 saturated heterocycles. The molecule has 4 heteroatoms. The van der Waals surface area contributed by atoms with Crippen LogP contribution in [-0.2, 0) is 5.41 Å². The lowest BCUT2D eigenvalue weighted by Gasteiger charge is -2.21. The van der Waals surface area contributed by atoms with E-state index in [9.17, 15) is 4.39 Å². The van der Waals surface area contributed by atoms with E-state index in [1.54, 1.807) is 23.5 Å². The molecule has 1 aromatic heterocycles. The van der Waals surface area contributed by atoms with Gasteiger partial charge < -0.3 is 5.32 Å². The van der Waals surface area contributed by atoms with Crippen LogP contribution in [0.1, 0.15) is 19.5 Å². The zero-order valence-corrected chi connectivity index (χ0v) is 11.6. The van der Waals surface area contributed by atoms with E-state index >= 15 is 0 Å². The minimum Gasteiger partial charge on any atom is -0.319 e. The standard InChI is InChI=1S/C14H17FN2S/c1-14(2,9-16-3)12-8-18-13(17-12)10-4-6-11(15)7-5-10/h4-8,16H,9H2,1-3H3. The second kappa shape index (κ2) is 5.16. The summed E-state index contributed by atoms with van der Waals surface area (Å²) >= 11 is 1.60. The maximum absolute atomic E-state index is 12.9. The van der Waals surface area contributed by atoms with Crippen LogP contribution in [0.5, 0.6) is 0 Å². The first kappa shape index (κ1) is 13.2. The number of benzene rings is 1. The lowest BCUT2D eigenvalue weighted by molar-refractivity contribution is 0.483. The summed E-state index contributed by atoms with van der Waals surface area (Å²) in [6.45, 7) is 5.19. The van der Waals surface area contributed by atoms with Crippen LogP contribution >= 0.6 is 11.3 Å². The van der Waals surface area contributed by atoms with Crippen molar-refractivity contribution in [2.24, 2.45) is 0 Å². The van der Waals surface area contributed by atoms with Crippen LogP contribution in [0, 0.1) is 5.82 Å².